The predicted molar refractivity (Wildman–Crippen MR) is 83.3 cm³/mol. The molecular formula is C17H17BrO2. The maximum Gasteiger partial charge on any atom is 0.133 e. The van der Waals surface area contributed by atoms with Crippen molar-refractivity contribution in [3.05, 3.63) is 57.6 Å². The van der Waals surface area contributed by atoms with Crippen LogP contribution in [0, 0.1) is 0 Å². The van der Waals surface area contributed by atoms with Gasteiger partial charge in [-0.1, -0.05) is 22.0 Å². The van der Waals surface area contributed by atoms with Crippen LogP contribution in [0.3, 0.4) is 0 Å². The van der Waals surface area contributed by atoms with Crippen LogP contribution in [-0.2, 0) is 12.8 Å². The molecule has 0 bridgehead atoms. The van der Waals surface area contributed by atoms with Gasteiger partial charge < -0.3 is 9.84 Å². The zero-order valence-electron chi connectivity index (χ0n) is 11.4. The van der Waals surface area contributed by atoms with Crippen LogP contribution in [0.15, 0.2) is 40.9 Å². The zero-order valence-corrected chi connectivity index (χ0v) is 13.0. The van der Waals surface area contributed by atoms with Crippen molar-refractivity contribution < 1.29 is 9.84 Å². The summed E-state index contributed by atoms with van der Waals surface area (Å²) in [6, 6.07) is 12.0. The summed E-state index contributed by atoms with van der Waals surface area (Å²) in [6.07, 6.45) is 2.98. The van der Waals surface area contributed by atoms with Crippen molar-refractivity contribution in [2.75, 3.05) is 0 Å². The van der Waals surface area contributed by atoms with Crippen molar-refractivity contribution in [3.63, 3.8) is 0 Å². The van der Waals surface area contributed by atoms with Gasteiger partial charge in [0.2, 0.25) is 0 Å². The lowest BCUT2D eigenvalue weighted by molar-refractivity contribution is 0.195. The molecule has 0 fully saturated rings. The second-order valence-electron chi connectivity index (χ2n) is 5.24. The highest BCUT2D eigenvalue weighted by Crippen LogP contribution is 2.34. The van der Waals surface area contributed by atoms with Crippen LogP contribution in [0.5, 0.6) is 11.5 Å². The molecule has 2 aromatic carbocycles. The third kappa shape index (κ3) is 2.74. The molecule has 0 amide bonds. The number of fused-ring (bicyclic) bond motifs is 1. The van der Waals surface area contributed by atoms with Gasteiger partial charge >= 0.3 is 0 Å². The smallest absolute Gasteiger partial charge is 0.133 e. The fourth-order valence-electron chi connectivity index (χ4n) is 2.68. The fourth-order valence-corrected chi connectivity index (χ4v) is 3.06. The molecule has 2 nitrogen and oxygen atoms in total. The maximum absolute atomic E-state index is 9.86. The second-order valence-corrected chi connectivity index (χ2v) is 6.16. The van der Waals surface area contributed by atoms with E-state index in [4.69, 9.17) is 4.74 Å². The van der Waals surface area contributed by atoms with E-state index in [1.54, 1.807) is 6.92 Å². The third-order valence-corrected chi connectivity index (χ3v) is 4.21. The number of hydrogen-bond donors (Lipinski definition) is 1. The average Bonchev–Trinajstić information content (AvgIpc) is 2.88. The van der Waals surface area contributed by atoms with Crippen LogP contribution in [0.1, 0.15) is 36.1 Å². The summed E-state index contributed by atoms with van der Waals surface area (Å²) in [5, 5.41) is 9.86. The van der Waals surface area contributed by atoms with Crippen LogP contribution >= 0.6 is 15.9 Å². The van der Waals surface area contributed by atoms with Gasteiger partial charge in [0.05, 0.1) is 6.10 Å². The number of aliphatic hydroxyl groups is 1. The summed E-state index contributed by atoms with van der Waals surface area (Å²) in [4.78, 5) is 0. The normalized spacial score (nSPS) is 14.9. The Morgan fingerprint density at radius 1 is 1.10 bits per heavy atom. The largest absolute Gasteiger partial charge is 0.457 e. The molecule has 0 saturated carbocycles. The SMILES string of the molecule is CC(O)c1cc(Br)ccc1Oc1ccc2c(c1)CCC2. The quantitative estimate of drug-likeness (QED) is 0.876. The molecule has 20 heavy (non-hydrogen) atoms. The molecule has 0 radical (unpaired) electrons. The standard InChI is InChI=1S/C17H17BrO2/c1-11(19)16-10-14(18)6-8-17(16)20-15-7-5-12-3-2-4-13(12)9-15/h5-11,19H,2-4H2,1H3. The van der Waals surface area contributed by atoms with E-state index in [0.29, 0.717) is 5.75 Å². The number of ether oxygens (including phenoxy) is 1. The van der Waals surface area contributed by atoms with Crippen molar-refractivity contribution >= 4 is 15.9 Å². The van der Waals surface area contributed by atoms with Gasteiger partial charge in [-0.15, -0.1) is 0 Å². The van der Waals surface area contributed by atoms with Crippen LogP contribution in [-0.4, -0.2) is 5.11 Å². The second kappa shape index (κ2) is 5.58. The highest BCUT2D eigenvalue weighted by atomic mass is 79.9. The summed E-state index contributed by atoms with van der Waals surface area (Å²) in [5.41, 5.74) is 3.61. The van der Waals surface area contributed by atoms with E-state index in [2.05, 4.69) is 28.1 Å². The van der Waals surface area contributed by atoms with E-state index in [9.17, 15) is 5.11 Å². The first-order valence-electron chi connectivity index (χ1n) is 6.90. The van der Waals surface area contributed by atoms with Crippen LogP contribution in [0.25, 0.3) is 0 Å². The van der Waals surface area contributed by atoms with Gasteiger partial charge in [0.1, 0.15) is 11.5 Å². The summed E-state index contributed by atoms with van der Waals surface area (Å²) >= 11 is 3.42. The first kappa shape index (κ1) is 13.7. The number of aliphatic hydroxyl groups excluding tert-OH is 1. The minimum absolute atomic E-state index is 0.558. The van der Waals surface area contributed by atoms with Crippen molar-refractivity contribution in [2.24, 2.45) is 0 Å². The van der Waals surface area contributed by atoms with Crippen LogP contribution in [0.4, 0.5) is 0 Å². The molecule has 104 valence electrons. The monoisotopic (exact) mass is 332 g/mol. The van der Waals surface area contributed by atoms with E-state index in [-0.39, 0.29) is 0 Å². The highest BCUT2D eigenvalue weighted by Gasteiger charge is 2.14. The number of halogens is 1. The number of benzene rings is 2. The Hall–Kier alpha value is -1.32. The molecule has 3 rings (SSSR count). The first-order chi connectivity index (χ1) is 9.63. The molecule has 2 aromatic rings. The predicted octanol–water partition coefficient (Wildman–Crippen LogP) is 4.78. The summed E-state index contributed by atoms with van der Waals surface area (Å²) in [6.45, 7) is 1.75. The third-order valence-electron chi connectivity index (χ3n) is 3.72. The summed E-state index contributed by atoms with van der Waals surface area (Å²) < 4.78 is 6.91. The Morgan fingerprint density at radius 3 is 2.70 bits per heavy atom. The lowest BCUT2D eigenvalue weighted by atomic mass is 10.1. The van der Waals surface area contributed by atoms with Gasteiger partial charge in [-0.2, -0.15) is 0 Å². The zero-order chi connectivity index (χ0) is 14.1. The highest BCUT2D eigenvalue weighted by molar-refractivity contribution is 9.10. The molecule has 0 aliphatic heterocycles. The Balaban J connectivity index is 1.91. The van der Waals surface area contributed by atoms with E-state index >= 15 is 0 Å². The van der Waals surface area contributed by atoms with E-state index in [0.717, 1.165) is 22.2 Å². The Labute approximate surface area is 127 Å². The Kier molecular flexibility index (Phi) is 3.81. The Bertz CT molecular complexity index is 635. The average molecular weight is 333 g/mol. The lowest BCUT2D eigenvalue weighted by Crippen LogP contribution is -1.96. The molecule has 3 heteroatoms. The van der Waals surface area contributed by atoms with Gasteiger partial charge in [-0.05, 0) is 67.6 Å². The van der Waals surface area contributed by atoms with Crippen molar-refractivity contribution in [3.8, 4) is 11.5 Å². The van der Waals surface area contributed by atoms with Gasteiger partial charge in [0.25, 0.3) is 0 Å². The van der Waals surface area contributed by atoms with Gasteiger partial charge in [-0.3, -0.25) is 0 Å². The molecular weight excluding hydrogens is 316 g/mol. The molecule has 0 aromatic heterocycles. The first-order valence-corrected chi connectivity index (χ1v) is 7.70. The Morgan fingerprint density at radius 2 is 1.90 bits per heavy atom. The number of aryl methyl sites for hydroxylation is 2. The minimum Gasteiger partial charge on any atom is -0.457 e. The maximum atomic E-state index is 9.86. The molecule has 1 unspecified atom stereocenters. The fraction of sp³-hybridized carbons (Fsp3) is 0.294. The van der Waals surface area contributed by atoms with Gasteiger partial charge in [0, 0.05) is 10.0 Å². The van der Waals surface area contributed by atoms with Crippen LogP contribution < -0.4 is 4.74 Å². The topological polar surface area (TPSA) is 29.5 Å². The summed E-state index contributed by atoms with van der Waals surface area (Å²) in [5.74, 6) is 1.55. The lowest BCUT2D eigenvalue weighted by Gasteiger charge is -2.14. The molecule has 0 saturated heterocycles. The van der Waals surface area contributed by atoms with E-state index < -0.39 is 6.10 Å². The van der Waals surface area contributed by atoms with Crippen molar-refractivity contribution in [2.45, 2.75) is 32.3 Å². The molecule has 1 N–H and O–H groups in total. The minimum atomic E-state index is -0.558. The van der Waals surface area contributed by atoms with Crippen molar-refractivity contribution in [1.29, 1.82) is 0 Å². The van der Waals surface area contributed by atoms with Gasteiger partial charge in [-0.25, -0.2) is 0 Å². The van der Waals surface area contributed by atoms with E-state index in [1.165, 1.54) is 24.0 Å². The van der Waals surface area contributed by atoms with E-state index in [1.807, 2.05) is 24.3 Å². The van der Waals surface area contributed by atoms with Gasteiger partial charge in [0.15, 0.2) is 0 Å². The molecule has 1 aliphatic carbocycles. The molecule has 0 heterocycles. The number of hydrogen-bond acceptors (Lipinski definition) is 2. The van der Waals surface area contributed by atoms with Crippen LogP contribution in [0.2, 0.25) is 0 Å². The van der Waals surface area contributed by atoms with Crippen molar-refractivity contribution in [1.82, 2.24) is 0 Å². The summed E-state index contributed by atoms with van der Waals surface area (Å²) in [7, 11) is 0. The molecule has 1 aliphatic rings. The number of rotatable bonds is 3. The molecule has 0 spiro atoms. The molecule has 1 atom stereocenters.